The maximum absolute atomic E-state index is 14.6. The number of nitrogens with zero attached hydrogens (tertiary/aromatic N) is 2. The summed E-state index contributed by atoms with van der Waals surface area (Å²) in [5, 5.41) is 3.53. The molecule has 0 aliphatic carbocycles. The van der Waals surface area contributed by atoms with Gasteiger partial charge in [0.2, 0.25) is 11.8 Å². The number of nitrogens with one attached hydrogen (secondary N) is 1. The van der Waals surface area contributed by atoms with E-state index in [1.54, 1.807) is 54.6 Å². The van der Waals surface area contributed by atoms with Crippen molar-refractivity contribution in [2.24, 2.45) is 0 Å². The predicted molar refractivity (Wildman–Crippen MR) is 185 cm³/mol. The van der Waals surface area contributed by atoms with E-state index in [1.165, 1.54) is 4.90 Å². The SMILES string of the molecule is Cc1ccc(S(=O)(=O)N(CC(=O)N(Cc2cccc(Cl)c2)C(Cc2ccccc2)C(=O)NC(C)(C)C)c2ccc(C)c(C)c2)cc1. The molecule has 0 saturated carbocycles. The van der Waals surface area contributed by atoms with Crippen molar-refractivity contribution in [3.8, 4) is 0 Å². The monoisotopic (exact) mass is 659 g/mol. The zero-order valence-electron chi connectivity index (χ0n) is 27.2. The fraction of sp³-hybridized carbons (Fsp3) is 0.297. The number of hydrogen-bond acceptors (Lipinski definition) is 4. The number of hydrogen-bond donors (Lipinski definition) is 1. The lowest BCUT2D eigenvalue weighted by molar-refractivity contribution is -0.140. The summed E-state index contributed by atoms with van der Waals surface area (Å²) in [5.41, 5.74) is 4.15. The van der Waals surface area contributed by atoms with Crippen molar-refractivity contribution in [2.75, 3.05) is 10.8 Å². The highest BCUT2D eigenvalue weighted by Gasteiger charge is 2.35. The van der Waals surface area contributed by atoms with Crippen molar-refractivity contribution in [2.45, 2.75) is 71.0 Å². The summed E-state index contributed by atoms with van der Waals surface area (Å²) >= 11 is 6.33. The third kappa shape index (κ3) is 8.98. The second-order valence-corrected chi connectivity index (χ2v) is 15.0. The summed E-state index contributed by atoms with van der Waals surface area (Å²) < 4.78 is 29.6. The maximum Gasteiger partial charge on any atom is 0.264 e. The van der Waals surface area contributed by atoms with Crippen LogP contribution < -0.4 is 9.62 Å². The van der Waals surface area contributed by atoms with Crippen molar-refractivity contribution in [1.29, 1.82) is 0 Å². The number of sulfonamides is 1. The van der Waals surface area contributed by atoms with E-state index in [0.717, 1.165) is 26.6 Å². The molecule has 1 N–H and O–H groups in total. The molecule has 2 amide bonds. The largest absolute Gasteiger partial charge is 0.350 e. The van der Waals surface area contributed by atoms with Gasteiger partial charge in [-0.05, 0) is 100 Å². The average molecular weight is 660 g/mol. The first-order valence-electron chi connectivity index (χ1n) is 15.2. The Bertz CT molecular complexity index is 1790. The number of anilines is 1. The number of carbonyl (C=O) groups excluding carboxylic acids is 2. The minimum absolute atomic E-state index is 0.0415. The molecule has 0 saturated heterocycles. The van der Waals surface area contributed by atoms with Gasteiger partial charge in [-0.25, -0.2) is 8.42 Å². The van der Waals surface area contributed by atoms with Crippen LogP contribution in [0.1, 0.15) is 48.6 Å². The van der Waals surface area contributed by atoms with Crippen LogP contribution in [0.5, 0.6) is 0 Å². The molecular formula is C37H42ClN3O4S. The number of halogens is 1. The standard InChI is InChI=1S/C37H42ClN3O4S/c1-26-15-19-33(20-16-26)46(44,45)41(32-18-17-27(2)28(3)21-32)25-35(42)40(24-30-13-10-14-31(38)22-30)34(36(43)39-37(4,5)6)23-29-11-8-7-9-12-29/h7-22,34H,23-25H2,1-6H3,(H,39,43). The van der Waals surface area contributed by atoms with E-state index < -0.39 is 34.1 Å². The molecule has 4 aromatic rings. The van der Waals surface area contributed by atoms with Gasteiger partial charge >= 0.3 is 0 Å². The molecule has 242 valence electrons. The summed E-state index contributed by atoms with van der Waals surface area (Å²) in [5.74, 6) is -0.871. The molecular weight excluding hydrogens is 618 g/mol. The van der Waals surface area contributed by atoms with Gasteiger partial charge in [0, 0.05) is 23.5 Å². The van der Waals surface area contributed by atoms with Crippen molar-refractivity contribution < 1.29 is 18.0 Å². The topological polar surface area (TPSA) is 86.8 Å². The number of amides is 2. The quantitative estimate of drug-likeness (QED) is 0.188. The molecule has 1 atom stereocenters. The van der Waals surface area contributed by atoms with Gasteiger partial charge in [-0.3, -0.25) is 13.9 Å². The molecule has 0 radical (unpaired) electrons. The third-order valence-electron chi connectivity index (χ3n) is 7.68. The van der Waals surface area contributed by atoms with Crippen LogP contribution >= 0.6 is 11.6 Å². The summed E-state index contributed by atoms with van der Waals surface area (Å²) in [4.78, 5) is 30.1. The Morgan fingerprint density at radius 1 is 0.804 bits per heavy atom. The lowest BCUT2D eigenvalue weighted by atomic mass is 10.0. The van der Waals surface area contributed by atoms with Gasteiger partial charge in [0.05, 0.1) is 10.6 Å². The van der Waals surface area contributed by atoms with Crippen LogP contribution in [0.2, 0.25) is 5.02 Å². The number of rotatable bonds is 11. The van der Waals surface area contributed by atoms with E-state index in [0.29, 0.717) is 16.3 Å². The van der Waals surface area contributed by atoms with Gasteiger partial charge in [-0.1, -0.05) is 77.8 Å². The average Bonchev–Trinajstić information content (AvgIpc) is 2.99. The normalized spacial score (nSPS) is 12.3. The first kappa shape index (κ1) is 34.7. The van der Waals surface area contributed by atoms with Gasteiger partial charge in [-0.15, -0.1) is 0 Å². The van der Waals surface area contributed by atoms with Crippen molar-refractivity contribution in [3.63, 3.8) is 0 Å². The highest BCUT2D eigenvalue weighted by Crippen LogP contribution is 2.27. The first-order chi connectivity index (χ1) is 21.6. The van der Waals surface area contributed by atoms with Gasteiger partial charge in [-0.2, -0.15) is 0 Å². The number of benzene rings is 4. The first-order valence-corrected chi connectivity index (χ1v) is 17.0. The Kier molecular flexibility index (Phi) is 11.0. The molecule has 4 aromatic carbocycles. The molecule has 0 fully saturated rings. The molecule has 0 aliphatic heterocycles. The molecule has 4 rings (SSSR count). The zero-order valence-corrected chi connectivity index (χ0v) is 28.8. The Morgan fingerprint density at radius 2 is 1.46 bits per heavy atom. The fourth-order valence-electron chi connectivity index (χ4n) is 5.09. The van der Waals surface area contributed by atoms with E-state index >= 15 is 0 Å². The van der Waals surface area contributed by atoms with Crippen molar-refractivity contribution in [3.05, 3.63) is 130 Å². The minimum Gasteiger partial charge on any atom is -0.350 e. The molecule has 0 bridgehead atoms. The number of carbonyl (C=O) groups is 2. The highest BCUT2D eigenvalue weighted by molar-refractivity contribution is 7.92. The van der Waals surface area contributed by atoms with Crippen molar-refractivity contribution >= 4 is 39.1 Å². The van der Waals surface area contributed by atoms with E-state index in [9.17, 15) is 18.0 Å². The van der Waals surface area contributed by atoms with Crippen LogP contribution in [0.15, 0.2) is 102 Å². The van der Waals surface area contributed by atoms with E-state index in [4.69, 9.17) is 11.6 Å². The summed E-state index contributed by atoms with van der Waals surface area (Å²) in [6, 6.07) is 27.5. The Labute approximate surface area is 278 Å². The Balaban J connectivity index is 1.84. The Hall–Kier alpha value is -4.14. The zero-order chi connectivity index (χ0) is 33.6. The molecule has 0 aliphatic rings. The fourth-order valence-corrected chi connectivity index (χ4v) is 6.70. The van der Waals surface area contributed by atoms with Crippen molar-refractivity contribution in [1.82, 2.24) is 10.2 Å². The van der Waals surface area contributed by atoms with Crippen LogP contribution in [-0.2, 0) is 32.6 Å². The third-order valence-corrected chi connectivity index (χ3v) is 9.70. The van der Waals surface area contributed by atoms with Crippen LogP contribution in [-0.4, -0.2) is 43.3 Å². The molecule has 1 unspecified atom stereocenters. The number of aryl methyl sites for hydroxylation is 3. The van der Waals surface area contributed by atoms with Gasteiger partial charge in [0.25, 0.3) is 10.0 Å². The van der Waals surface area contributed by atoms with Crippen LogP contribution in [0, 0.1) is 20.8 Å². The molecule has 46 heavy (non-hydrogen) atoms. The van der Waals surface area contributed by atoms with Crippen LogP contribution in [0.25, 0.3) is 0 Å². The Morgan fingerprint density at radius 3 is 2.07 bits per heavy atom. The lowest BCUT2D eigenvalue weighted by Gasteiger charge is -2.35. The summed E-state index contributed by atoms with van der Waals surface area (Å²) in [6.07, 6.45) is 0.226. The van der Waals surface area contributed by atoms with Crippen LogP contribution in [0.4, 0.5) is 5.69 Å². The van der Waals surface area contributed by atoms with E-state index in [-0.39, 0.29) is 23.8 Å². The smallest absolute Gasteiger partial charge is 0.264 e. The highest BCUT2D eigenvalue weighted by atomic mass is 35.5. The molecule has 0 heterocycles. The minimum atomic E-state index is -4.18. The van der Waals surface area contributed by atoms with Gasteiger partial charge in [0.1, 0.15) is 12.6 Å². The van der Waals surface area contributed by atoms with Gasteiger partial charge in [0.15, 0.2) is 0 Å². The molecule has 0 spiro atoms. The molecule has 0 aromatic heterocycles. The maximum atomic E-state index is 14.6. The molecule has 9 heteroatoms. The summed E-state index contributed by atoms with van der Waals surface area (Å²) in [7, 11) is -4.18. The summed E-state index contributed by atoms with van der Waals surface area (Å²) in [6.45, 7) is 10.9. The van der Waals surface area contributed by atoms with E-state index in [1.807, 2.05) is 84.0 Å². The second kappa shape index (κ2) is 14.5. The second-order valence-electron chi connectivity index (χ2n) is 12.7. The lowest BCUT2D eigenvalue weighted by Crippen LogP contribution is -2.56. The van der Waals surface area contributed by atoms with E-state index in [2.05, 4.69) is 5.32 Å². The predicted octanol–water partition coefficient (Wildman–Crippen LogP) is 7.02. The molecule has 7 nitrogen and oxygen atoms in total. The van der Waals surface area contributed by atoms with Crippen LogP contribution in [0.3, 0.4) is 0 Å². The van der Waals surface area contributed by atoms with Gasteiger partial charge < -0.3 is 10.2 Å².